The maximum absolute atomic E-state index is 5.41. The van der Waals surface area contributed by atoms with E-state index >= 15 is 0 Å². The third-order valence-corrected chi connectivity index (χ3v) is 3.04. The molecule has 0 spiro atoms. The van der Waals surface area contributed by atoms with E-state index in [9.17, 15) is 0 Å². The summed E-state index contributed by atoms with van der Waals surface area (Å²) in [7, 11) is 0. The largest absolute Gasteiger partial charge is 0.471 e. The second-order valence-electron chi connectivity index (χ2n) is 3.23. The summed E-state index contributed by atoms with van der Waals surface area (Å²) in [4.78, 5) is 3.99. The Bertz CT molecular complexity index is 354. The van der Waals surface area contributed by atoms with Crippen molar-refractivity contribution in [1.29, 1.82) is 0 Å². The highest BCUT2D eigenvalue weighted by atomic mass is 32.2. The minimum Gasteiger partial charge on any atom is -0.471 e. The summed E-state index contributed by atoms with van der Waals surface area (Å²) in [6.07, 6.45) is 3.27. The van der Waals surface area contributed by atoms with Crippen LogP contribution in [0.5, 0.6) is 5.75 Å². The van der Waals surface area contributed by atoms with Crippen molar-refractivity contribution in [1.82, 2.24) is 0 Å². The fourth-order valence-corrected chi connectivity index (χ4v) is 1.89. The highest BCUT2D eigenvalue weighted by molar-refractivity contribution is 8.06. The summed E-state index contributed by atoms with van der Waals surface area (Å²) in [5, 5.41) is 0.720. The van der Waals surface area contributed by atoms with Crippen LogP contribution < -0.4 is 4.74 Å². The van der Waals surface area contributed by atoms with E-state index in [1.165, 1.54) is 11.3 Å². The van der Waals surface area contributed by atoms with E-state index < -0.39 is 0 Å². The molecule has 0 N–H and O–H groups in total. The molecule has 1 saturated heterocycles. The molecule has 0 bridgehead atoms. The zero-order chi connectivity index (χ0) is 10.5. The molecule has 1 atom stereocenters. The van der Waals surface area contributed by atoms with Crippen molar-refractivity contribution in [3.05, 3.63) is 42.5 Å². The van der Waals surface area contributed by atoms with Crippen LogP contribution in [0.2, 0.25) is 0 Å². The molecule has 0 radical (unpaired) electrons. The van der Waals surface area contributed by atoms with E-state index in [0.717, 1.165) is 11.0 Å². The number of nitrogens with zero attached hydrogens (tertiary/aromatic N) is 1. The van der Waals surface area contributed by atoms with Crippen molar-refractivity contribution in [2.24, 2.45) is 4.99 Å². The zero-order valence-electron chi connectivity index (χ0n) is 8.43. The molecule has 78 valence electrons. The summed E-state index contributed by atoms with van der Waals surface area (Å²) in [5.74, 6) is 2.12. The van der Waals surface area contributed by atoms with Crippen LogP contribution in [-0.4, -0.2) is 18.7 Å². The van der Waals surface area contributed by atoms with E-state index in [1.54, 1.807) is 12.3 Å². The Morgan fingerprint density at radius 2 is 2.20 bits per heavy atom. The third-order valence-electron chi connectivity index (χ3n) is 2.10. The van der Waals surface area contributed by atoms with Crippen LogP contribution in [0.1, 0.15) is 10.8 Å². The van der Waals surface area contributed by atoms with Crippen LogP contribution in [0, 0.1) is 0 Å². The molecule has 1 aliphatic heterocycles. The second kappa shape index (κ2) is 5.03. The average molecular weight is 219 g/mol. The zero-order valence-corrected chi connectivity index (χ0v) is 9.24. The Kier molecular flexibility index (Phi) is 3.45. The van der Waals surface area contributed by atoms with Gasteiger partial charge in [0.05, 0.1) is 0 Å². The first-order valence-corrected chi connectivity index (χ1v) is 5.90. The molecular formula is C12H13NOS. The van der Waals surface area contributed by atoms with E-state index in [4.69, 9.17) is 4.74 Å². The Labute approximate surface area is 94.1 Å². The summed E-state index contributed by atoms with van der Waals surface area (Å²) >= 11 is 1.98. The summed E-state index contributed by atoms with van der Waals surface area (Å²) in [5.41, 5.74) is 1.39. The van der Waals surface area contributed by atoms with Gasteiger partial charge in [0.15, 0.2) is 6.73 Å². The Morgan fingerprint density at radius 1 is 1.47 bits per heavy atom. The van der Waals surface area contributed by atoms with Gasteiger partial charge in [-0.25, -0.2) is 0 Å². The number of ether oxygens (including phenoxy) is 1. The van der Waals surface area contributed by atoms with Gasteiger partial charge >= 0.3 is 0 Å². The van der Waals surface area contributed by atoms with Gasteiger partial charge in [-0.3, -0.25) is 4.99 Å². The van der Waals surface area contributed by atoms with Crippen molar-refractivity contribution in [2.45, 2.75) is 5.25 Å². The maximum atomic E-state index is 5.41. The molecule has 1 aliphatic rings. The van der Waals surface area contributed by atoms with Gasteiger partial charge in [-0.15, -0.1) is 0 Å². The number of thioether (sulfide) groups is 1. The van der Waals surface area contributed by atoms with Crippen LogP contribution in [0.3, 0.4) is 0 Å². The Balaban J connectivity index is 1.86. The van der Waals surface area contributed by atoms with Gasteiger partial charge < -0.3 is 4.74 Å². The minimum absolute atomic E-state index is 0.351. The van der Waals surface area contributed by atoms with Gasteiger partial charge in [-0.2, -0.15) is 11.8 Å². The van der Waals surface area contributed by atoms with Crippen molar-refractivity contribution in [2.75, 3.05) is 12.5 Å². The lowest BCUT2D eigenvalue weighted by molar-refractivity contribution is 0.332. The van der Waals surface area contributed by atoms with Crippen LogP contribution in [0.4, 0.5) is 0 Å². The van der Waals surface area contributed by atoms with E-state index in [1.807, 2.05) is 23.9 Å². The molecule has 15 heavy (non-hydrogen) atoms. The van der Waals surface area contributed by atoms with Crippen LogP contribution in [0.25, 0.3) is 0 Å². The summed E-state index contributed by atoms with van der Waals surface area (Å²) in [6.45, 7) is 3.89. The number of rotatable bonds is 5. The van der Waals surface area contributed by atoms with E-state index in [-0.39, 0.29) is 0 Å². The summed E-state index contributed by atoms with van der Waals surface area (Å²) < 4.78 is 5.41. The van der Waals surface area contributed by atoms with E-state index in [2.05, 4.69) is 23.7 Å². The second-order valence-corrected chi connectivity index (χ2v) is 4.47. The number of allylic oxidation sites excluding steroid dienone is 1. The van der Waals surface area contributed by atoms with Gasteiger partial charge in [0.25, 0.3) is 0 Å². The predicted molar refractivity (Wildman–Crippen MR) is 65.8 cm³/mol. The van der Waals surface area contributed by atoms with Crippen LogP contribution in [0.15, 0.2) is 41.9 Å². The Hall–Kier alpha value is -1.22. The minimum atomic E-state index is 0.351. The monoisotopic (exact) mass is 219 g/mol. The predicted octanol–water partition coefficient (Wildman–Crippen LogP) is 3.07. The molecule has 1 heterocycles. The molecule has 2 nitrogen and oxygen atoms in total. The molecule has 2 rings (SSSR count). The van der Waals surface area contributed by atoms with E-state index in [0.29, 0.717) is 6.73 Å². The molecule has 0 aromatic heterocycles. The average Bonchev–Trinajstić information content (AvgIpc) is 3.09. The number of benzene rings is 1. The molecule has 1 aromatic rings. The van der Waals surface area contributed by atoms with Crippen LogP contribution in [-0.2, 0) is 0 Å². The fourth-order valence-electron chi connectivity index (χ4n) is 1.25. The topological polar surface area (TPSA) is 21.6 Å². The maximum Gasteiger partial charge on any atom is 0.179 e. The standard InChI is InChI=1S/C12H13NOS/c1-2-7-13-9-14-11-5-3-10(4-6-11)12-8-15-12/h2-7,12H,1,8-9H2. The van der Waals surface area contributed by atoms with Crippen molar-refractivity contribution < 1.29 is 4.74 Å². The number of aliphatic imine (C=N–C) groups is 1. The molecule has 1 unspecified atom stereocenters. The molecule has 0 saturated carbocycles. The van der Waals surface area contributed by atoms with Gasteiger partial charge in [0.1, 0.15) is 5.75 Å². The molecule has 1 fully saturated rings. The van der Waals surface area contributed by atoms with Gasteiger partial charge in [-0.1, -0.05) is 24.8 Å². The lowest BCUT2D eigenvalue weighted by Gasteiger charge is -2.03. The highest BCUT2D eigenvalue weighted by Gasteiger charge is 2.23. The molecule has 3 heteroatoms. The molecule has 0 amide bonds. The smallest absolute Gasteiger partial charge is 0.179 e. The number of hydrogen-bond donors (Lipinski definition) is 0. The molecular weight excluding hydrogens is 206 g/mol. The van der Waals surface area contributed by atoms with Gasteiger partial charge in [0.2, 0.25) is 0 Å². The third kappa shape index (κ3) is 3.13. The summed E-state index contributed by atoms with van der Waals surface area (Å²) in [6, 6.07) is 8.24. The first kappa shape index (κ1) is 10.3. The normalized spacial score (nSPS) is 19.1. The van der Waals surface area contributed by atoms with Gasteiger partial charge in [-0.05, 0) is 17.7 Å². The van der Waals surface area contributed by atoms with Gasteiger partial charge in [0, 0.05) is 17.2 Å². The lowest BCUT2D eigenvalue weighted by atomic mass is 10.2. The van der Waals surface area contributed by atoms with Crippen molar-refractivity contribution >= 4 is 18.0 Å². The Morgan fingerprint density at radius 3 is 2.80 bits per heavy atom. The lowest BCUT2D eigenvalue weighted by Crippen LogP contribution is -1.93. The van der Waals surface area contributed by atoms with Crippen molar-refractivity contribution in [3.8, 4) is 5.75 Å². The quantitative estimate of drug-likeness (QED) is 0.560. The molecule has 0 aliphatic carbocycles. The molecule has 1 aromatic carbocycles. The fraction of sp³-hybridized carbons (Fsp3) is 0.250. The first-order valence-electron chi connectivity index (χ1n) is 4.85. The number of hydrogen-bond acceptors (Lipinski definition) is 3. The SMILES string of the molecule is C=CC=NCOc1ccc(C2CS2)cc1. The highest BCUT2D eigenvalue weighted by Crippen LogP contribution is 2.46. The van der Waals surface area contributed by atoms with Crippen molar-refractivity contribution in [3.63, 3.8) is 0 Å². The first-order chi connectivity index (χ1) is 7.40. The van der Waals surface area contributed by atoms with Crippen LogP contribution >= 0.6 is 11.8 Å².